The van der Waals surface area contributed by atoms with Gasteiger partial charge in [-0.3, -0.25) is 19.4 Å². The summed E-state index contributed by atoms with van der Waals surface area (Å²) in [5.74, 6) is -1.38. The number of esters is 1. The number of nitrogens with one attached hydrogen (secondary N) is 2. The molecule has 2 aliphatic carbocycles. The van der Waals surface area contributed by atoms with E-state index in [1.165, 1.54) is 18.1 Å². The number of amides is 2. The Bertz CT molecular complexity index is 1490. The van der Waals surface area contributed by atoms with Crippen LogP contribution in [0.4, 0.5) is 0 Å². The molecule has 15 heteroatoms. The number of hydrogen-bond acceptors (Lipinski definition) is 10. The van der Waals surface area contributed by atoms with Gasteiger partial charge in [-0.05, 0) is 82.7 Å². The normalized spacial score (nSPS) is 25.5. The first kappa shape index (κ1) is 34.0. The molecular formula is C32H45N7O8. The van der Waals surface area contributed by atoms with Gasteiger partial charge in [0.05, 0.1) is 7.11 Å². The highest BCUT2D eigenvalue weighted by Crippen LogP contribution is 2.63. The number of benzene rings is 1. The number of nitrogens with zero attached hydrogens (tertiary/aromatic N) is 2. The van der Waals surface area contributed by atoms with Crippen LogP contribution in [0.5, 0.6) is 11.5 Å². The number of likely N-dealkylation sites (N-methyl/N-ethyl adjacent to an activating group) is 1. The van der Waals surface area contributed by atoms with E-state index in [4.69, 9.17) is 36.5 Å². The molecule has 0 saturated carbocycles. The zero-order valence-corrected chi connectivity index (χ0v) is 27.0. The molecule has 2 heterocycles. The fraction of sp³-hybridized carbons (Fsp3) is 0.594. The second-order valence-corrected chi connectivity index (χ2v) is 13.1. The summed E-state index contributed by atoms with van der Waals surface area (Å²) in [5.41, 5.74) is 17.7. The highest BCUT2D eigenvalue weighted by molar-refractivity contribution is 5.96. The molecule has 2 bridgehead atoms. The molecule has 9 N–H and O–H groups in total. The third-order valence-corrected chi connectivity index (χ3v) is 9.96. The van der Waals surface area contributed by atoms with E-state index in [0.29, 0.717) is 29.7 Å². The van der Waals surface area contributed by atoms with Crippen LogP contribution in [0.15, 0.2) is 29.0 Å². The van der Waals surface area contributed by atoms with Crippen molar-refractivity contribution in [2.45, 2.75) is 81.0 Å². The van der Waals surface area contributed by atoms with Gasteiger partial charge >= 0.3 is 11.9 Å². The van der Waals surface area contributed by atoms with Gasteiger partial charge in [0.1, 0.15) is 23.8 Å². The molecule has 0 radical (unpaired) electrons. The third kappa shape index (κ3) is 6.59. The quantitative estimate of drug-likeness (QED) is 0.0496. The molecule has 6 atom stereocenters. The lowest BCUT2D eigenvalue weighted by Crippen LogP contribution is -2.63. The van der Waals surface area contributed by atoms with Gasteiger partial charge in [0, 0.05) is 30.1 Å². The van der Waals surface area contributed by atoms with E-state index in [9.17, 15) is 19.2 Å². The minimum absolute atomic E-state index is 0.00879. The van der Waals surface area contributed by atoms with Crippen LogP contribution >= 0.6 is 0 Å². The molecule has 1 fully saturated rings. The highest BCUT2D eigenvalue weighted by Gasteiger charge is 2.65. The number of carboxylic acid groups (broad SMARTS) is 1. The molecule has 5 rings (SSSR count). The van der Waals surface area contributed by atoms with Crippen LogP contribution in [0.3, 0.4) is 0 Å². The first-order valence-corrected chi connectivity index (χ1v) is 15.9. The Morgan fingerprint density at radius 3 is 2.74 bits per heavy atom. The van der Waals surface area contributed by atoms with Crippen LogP contribution in [0, 0.1) is 5.92 Å². The molecule has 1 aromatic rings. The number of carbonyl (C=O) groups excluding carboxylic acids is 3. The minimum atomic E-state index is -1.48. The van der Waals surface area contributed by atoms with E-state index in [0.717, 1.165) is 25.8 Å². The summed E-state index contributed by atoms with van der Waals surface area (Å²) in [6, 6.07) is 3.35. The van der Waals surface area contributed by atoms with Gasteiger partial charge in [-0.25, -0.2) is 4.79 Å². The molecule has 1 saturated heterocycles. The van der Waals surface area contributed by atoms with Crippen LogP contribution in [0.1, 0.15) is 56.6 Å². The summed E-state index contributed by atoms with van der Waals surface area (Å²) in [4.78, 5) is 55.9. The van der Waals surface area contributed by atoms with Gasteiger partial charge in [-0.15, -0.1) is 0 Å². The maximum atomic E-state index is 13.6. The van der Waals surface area contributed by atoms with Crippen molar-refractivity contribution in [2.24, 2.45) is 28.1 Å². The number of hydrogen-bond donors (Lipinski definition) is 6. The topological polar surface area (TPSA) is 234 Å². The van der Waals surface area contributed by atoms with E-state index in [1.54, 1.807) is 7.11 Å². The zero-order valence-electron chi connectivity index (χ0n) is 27.0. The maximum absolute atomic E-state index is 13.6. The molecule has 4 aliphatic rings. The SMILES string of the molecule is COc1ccc2c3c1O[C@H]1C(OC(=O)C(C)(N)CCNC(=O)[C@H](CCCN=C(N)N)NC(=O)CC(=O)O)=CC[C@H]4[C@@H](C2)N(C)CC[C@]314. The predicted molar refractivity (Wildman–Crippen MR) is 170 cm³/mol. The number of methoxy groups -OCH3 is 1. The molecule has 256 valence electrons. The second-order valence-electron chi connectivity index (χ2n) is 13.1. The van der Waals surface area contributed by atoms with Crippen molar-refractivity contribution in [1.82, 2.24) is 15.5 Å². The molecular weight excluding hydrogens is 610 g/mol. The van der Waals surface area contributed by atoms with Gasteiger partial charge in [0.2, 0.25) is 11.8 Å². The average Bonchev–Trinajstić information content (AvgIpc) is 3.36. The number of aliphatic imine (C=N–C) groups is 1. The first-order chi connectivity index (χ1) is 22.3. The number of guanidine groups is 1. The molecule has 0 aromatic heterocycles. The van der Waals surface area contributed by atoms with Gasteiger partial charge in [-0.2, -0.15) is 0 Å². The first-order valence-electron chi connectivity index (χ1n) is 15.9. The predicted octanol–water partition coefficient (Wildman–Crippen LogP) is -0.362. The summed E-state index contributed by atoms with van der Waals surface area (Å²) in [5, 5.41) is 14.0. The lowest BCUT2D eigenvalue weighted by Gasteiger charge is -2.56. The Kier molecular flexibility index (Phi) is 9.68. The van der Waals surface area contributed by atoms with Crippen molar-refractivity contribution in [3.63, 3.8) is 0 Å². The van der Waals surface area contributed by atoms with Gasteiger partial charge < -0.3 is 52.1 Å². The van der Waals surface area contributed by atoms with Crippen LogP contribution in [0.25, 0.3) is 0 Å². The van der Waals surface area contributed by atoms with Crippen molar-refractivity contribution < 1.29 is 38.5 Å². The third-order valence-electron chi connectivity index (χ3n) is 9.96. The van der Waals surface area contributed by atoms with Crippen molar-refractivity contribution in [3.8, 4) is 11.5 Å². The van der Waals surface area contributed by atoms with E-state index in [-0.39, 0.29) is 43.2 Å². The Labute approximate surface area is 273 Å². The fourth-order valence-corrected chi connectivity index (χ4v) is 7.61. The standard InChI is InChI=1S/C32H45N7O8/c1-31(35,10-13-36-28(43)19(5-4-12-37-30(33)34)38-23(40)16-24(41)42)29(44)46-22-9-7-18-20-15-17-6-8-21(45-3)26-25(17)32(18,27(22)47-26)11-14-39(20)2/h6,8-9,18-20,27H,4-5,7,10-16,35H2,1-3H3,(H,36,43)(H,38,40)(H,41,42)(H4,33,34,37)/t18-,19-,20+,27-,31?,32-/m0/s1. The van der Waals surface area contributed by atoms with Crippen molar-refractivity contribution in [2.75, 3.05) is 33.8 Å². The van der Waals surface area contributed by atoms with E-state index >= 15 is 0 Å². The summed E-state index contributed by atoms with van der Waals surface area (Å²) >= 11 is 0. The number of piperidine rings is 1. The van der Waals surface area contributed by atoms with Gasteiger partial charge in [0.25, 0.3) is 0 Å². The lowest BCUT2D eigenvalue weighted by molar-refractivity contribution is -0.148. The lowest BCUT2D eigenvalue weighted by atomic mass is 9.53. The van der Waals surface area contributed by atoms with Crippen LogP contribution < -0.4 is 37.3 Å². The smallest absolute Gasteiger partial charge is 0.331 e. The zero-order chi connectivity index (χ0) is 34.1. The number of rotatable bonds is 14. The average molecular weight is 656 g/mol. The molecule has 1 spiro atoms. The van der Waals surface area contributed by atoms with Gasteiger partial charge in [0.15, 0.2) is 23.6 Å². The number of carboxylic acids is 1. The number of carbonyl (C=O) groups is 4. The molecule has 2 amide bonds. The number of likely N-dealkylation sites (tertiary alicyclic amines) is 1. The van der Waals surface area contributed by atoms with Crippen LogP contribution in [0.2, 0.25) is 0 Å². The number of nitrogens with two attached hydrogens (primary N) is 3. The van der Waals surface area contributed by atoms with E-state index in [1.807, 2.05) is 12.1 Å². The summed E-state index contributed by atoms with van der Waals surface area (Å²) in [7, 11) is 3.78. The Morgan fingerprint density at radius 1 is 1.28 bits per heavy atom. The summed E-state index contributed by atoms with van der Waals surface area (Å²) in [6.45, 7) is 2.63. The van der Waals surface area contributed by atoms with Crippen LogP contribution in [-0.2, 0) is 35.8 Å². The monoisotopic (exact) mass is 655 g/mol. The fourth-order valence-electron chi connectivity index (χ4n) is 7.61. The number of aliphatic carboxylic acids is 1. The number of allylic oxidation sites excluding steroid dienone is 1. The van der Waals surface area contributed by atoms with E-state index in [2.05, 4.69) is 33.6 Å². The molecule has 1 unspecified atom stereocenters. The van der Waals surface area contributed by atoms with Crippen molar-refractivity contribution in [3.05, 3.63) is 35.1 Å². The molecule has 1 aromatic carbocycles. The van der Waals surface area contributed by atoms with E-state index < -0.39 is 47.9 Å². The minimum Gasteiger partial charge on any atom is -0.493 e. The van der Waals surface area contributed by atoms with Crippen molar-refractivity contribution >= 4 is 29.7 Å². The Balaban J connectivity index is 1.24. The summed E-state index contributed by atoms with van der Waals surface area (Å²) < 4.78 is 18.3. The maximum Gasteiger partial charge on any atom is 0.331 e. The summed E-state index contributed by atoms with van der Waals surface area (Å²) in [6.07, 6.45) is 3.67. The van der Waals surface area contributed by atoms with Crippen molar-refractivity contribution in [1.29, 1.82) is 0 Å². The molecule has 2 aliphatic heterocycles. The molecule has 15 nitrogen and oxygen atoms in total. The Morgan fingerprint density at radius 2 is 2.04 bits per heavy atom. The largest absolute Gasteiger partial charge is 0.493 e. The number of ether oxygens (including phenoxy) is 3. The highest BCUT2D eigenvalue weighted by atomic mass is 16.6. The second kappa shape index (κ2) is 13.4. The van der Waals surface area contributed by atoms with Gasteiger partial charge in [-0.1, -0.05) is 6.07 Å². The van der Waals surface area contributed by atoms with Crippen LogP contribution in [-0.4, -0.2) is 97.2 Å². The molecule has 47 heavy (non-hydrogen) atoms. The Hall–Kier alpha value is -4.37.